The number of aryl methyl sites for hydroxylation is 1. The van der Waals surface area contributed by atoms with E-state index in [2.05, 4.69) is 0 Å². The van der Waals surface area contributed by atoms with Gasteiger partial charge in [0.15, 0.2) is 12.4 Å². The Balaban J connectivity index is 0.00000361. The third kappa shape index (κ3) is 7.60. The van der Waals surface area contributed by atoms with Crippen LogP contribution in [0.3, 0.4) is 0 Å². The van der Waals surface area contributed by atoms with Gasteiger partial charge in [-0.25, -0.2) is 9.36 Å². The first-order chi connectivity index (χ1) is 9.27. The van der Waals surface area contributed by atoms with Gasteiger partial charge in [-0.2, -0.15) is 0 Å². The lowest BCUT2D eigenvalue weighted by Crippen LogP contribution is -3.00. The van der Waals surface area contributed by atoms with E-state index in [0.29, 0.717) is 12.2 Å². The molecule has 1 heterocycles. The average Bonchev–Trinajstić information content (AvgIpc) is 2.46. The van der Waals surface area contributed by atoms with E-state index in [1.165, 1.54) is 26.4 Å². The van der Waals surface area contributed by atoms with Gasteiger partial charge in [-0.05, 0) is 18.9 Å². The number of esters is 1. The van der Waals surface area contributed by atoms with Crippen molar-refractivity contribution in [2.24, 2.45) is 0 Å². The molecule has 0 saturated heterocycles. The number of aliphatic hydroxyl groups excluding tert-OH is 1. The second-order valence-corrected chi connectivity index (χ2v) is 4.67. The van der Waals surface area contributed by atoms with Gasteiger partial charge >= 0.3 is 5.97 Å². The lowest BCUT2D eigenvalue weighted by molar-refractivity contribution is -0.697. The number of hydrogen-bond acceptors (Lipinski definition) is 3. The molecule has 0 aliphatic carbocycles. The maximum atomic E-state index is 11.4. The van der Waals surface area contributed by atoms with Crippen molar-refractivity contribution in [3.05, 3.63) is 30.1 Å². The highest BCUT2D eigenvalue weighted by atomic mass is 79.9. The Bertz CT molecular complexity index is 385. The van der Waals surface area contributed by atoms with Crippen molar-refractivity contribution >= 4 is 5.97 Å². The Morgan fingerprint density at radius 2 is 1.85 bits per heavy atom. The second-order valence-electron chi connectivity index (χ2n) is 4.67. The largest absolute Gasteiger partial charge is 1.00 e. The maximum Gasteiger partial charge on any atom is 0.343 e. The third-order valence-electron chi connectivity index (χ3n) is 3.10. The van der Waals surface area contributed by atoms with Crippen molar-refractivity contribution in [1.82, 2.24) is 0 Å². The van der Waals surface area contributed by atoms with Gasteiger partial charge in [0.25, 0.3) is 0 Å². The summed E-state index contributed by atoms with van der Waals surface area (Å²) in [7, 11) is 1.39. The number of rotatable bonds is 9. The minimum atomic E-state index is -0.293. The summed E-state index contributed by atoms with van der Waals surface area (Å²) < 4.78 is 6.73. The quantitative estimate of drug-likeness (QED) is 0.358. The van der Waals surface area contributed by atoms with Crippen LogP contribution in [-0.2, 0) is 11.3 Å². The fourth-order valence-electron chi connectivity index (χ4n) is 2.01. The van der Waals surface area contributed by atoms with Gasteiger partial charge in [-0.1, -0.05) is 19.3 Å². The number of aliphatic hydroxyl groups is 1. The fourth-order valence-corrected chi connectivity index (χ4v) is 2.01. The summed E-state index contributed by atoms with van der Waals surface area (Å²) in [5.74, 6) is -0.293. The van der Waals surface area contributed by atoms with Crippen molar-refractivity contribution in [2.75, 3.05) is 13.7 Å². The summed E-state index contributed by atoms with van der Waals surface area (Å²) in [5.41, 5.74) is 0.591. The SMILES string of the molecule is COC(=O)c1ccc[n+](CCCCCCCCO)c1.[Br-]. The smallest absolute Gasteiger partial charge is 0.343 e. The fraction of sp³-hybridized carbons (Fsp3) is 0.600. The molecule has 0 spiro atoms. The van der Waals surface area contributed by atoms with Crippen LogP contribution in [-0.4, -0.2) is 24.8 Å². The Kier molecular flexibility index (Phi) is 11.3. The second kappa shape index (κ2) is 11.9. The molecule has 1 aromatic heterocycles. The summed E-state index contributed by atoms with van der Waals surface area (Å²) >= 11 is 0. The van der Waals surface area contributed by atoms with Gasteiger partial charge in [0.2, 0.25) is 0 Å². The van der Waals surface area contributed by atoms with Crippen molar-refractivity contribution in [3.8, 4) is 0 Å². The molecule has 0 saturated carbocycles. The Morgan fingerprint density at radius 3 is 2.50 bits per heavy atom. The topological polar surface area (TPSA) is 50.4 Å². The minimum Gasteiger partial charge on any atom is -1.00 e. The van der Waals surface area contributed by atoms with Gasteiger partial charge in [0.1, 0.15) is 12.1 Å². The first-order valence-corrected chi connectivity index (χ1v) is 6.96. The molecular formula is C15H24BrNO3. The molecule has 0 bridgehead atoms. The summed E-state index contributed by atoms with van der Waals surface area (Å²) in [5, 5.41) is 8.67. The zero-order valence-electron chi connectivity index (χ0n) is 12.1. The molecule has 0 unspecified atom stereocenters. The molecule has 114 valence electrons. The zero-order valence-corrected chi connectivity index (χ0v) is 13.6. The van der Waals surface area contributed by atoms with Crippen LogP contribution in [0.1, 0.15) is 48.9 Å². The van der Waals surface area contributed by atoms with E-state index in [1.807, 2.05) is 23.0 Å². The normalized spacial score (nSPS) is 9.90. The number of carbonyl (C=O) groups is 1. The van der Waals surface area contributed by atoms with E-state index in [1.54, 1.807) is 6.07 Å². The predicted octanol–water partition coefficient (Wildman–Crippen LogP) is -0.902. The molecule has 0 fully saturated rings. The molecule has 5 heteroatoms. The van der Waals surface area contributed by atoms with Crippen LogP contribution in [0, 0.1) is 0 Å². The average molecular weight is 346 g/mol. The lowest BCUT2D eigenvalue weighted by Gasteiger charge is -2.01. The molecule has 0 aromatic carbocycles. The number of aromatic nitrogens is 1. The van der Waals surface area contributed by atoms with E-state index < -0.39 is 0 Å². The van der Waals surface area contributed by atoms with E-state index in [0.717, 1.165) is 25.8 Å². The number of hydrogen-bond donors (Lipinski definition) is 1. The van der Waals surface area contributed by atoms with Crippen molar-refractivity contribution in [3.63, 3.8) is 0 Å². The van der Waals surface area contributed by atoms with Crippen LogP contribution < -0.4 is 21.5 Å². The highest BCUT2D eigenvalue weighted by Gasteiger charge is 2.09. The van der Waals surface area contributed by atoms with E-state index in [4.69, 9.17) is 9.84 Å². The molecule has 0 radical (unpaired) electrons. The molecule has 1 aromatic rings. The number of methoxy groups -OCH3 is 1. The molecule has 20 heavy (non-hydrogen) atoms. The summed E-state index contributed by atoms with van der Waals surface area (Å²) in [6.45, 7) is 1.22. The molecule has 0 aliphatic heterocycles. The molecule has 0 amide bonds. The summed E-state index contributed by atoms with van der Waals surface area (Å²) in [6, 6.07) is 3.63. The van der Waals surface area contributed by atoms with Crippen LogP contribution in [0.5, 0.6) is 0 Å². The van der Waals surface area contributed by atoms with Crippen molar-refractivity contribution in [1.29, 1.82) is 0 Å². The highest BCUT2D eigenvalue weighted by molar-refractivity contribution is 5.88. The van der Waals surface area contributed by atoms with Gasteiger partial charge in [0.05, 0.1) is 7.11 Å². The van der Waals surface area contributed by atoms with Crippen LogP contribution >= 0.6 is 0 Å². The van der Waals surface area contributed by atoms with Gasteiger partial charge in [-0.3, -0.25) is 0 Å². The third-order valence-corrected chi connectivity index (χ3v) is 3.10. The monoisotopic (exact) mass is 345 g/mol. The van der Waals surface area contributed by atoms with Gasteiger partial charge in [-0.15, -0.1) is 0 Å². The summed E-state index contributed by atoms with van der Waals surface area (Å²) in [6.07, 6.45) is 10.5. The van der Waals surface area contributed by atoms with Crippen molar-refractivity contribution < 1.29 is 36.2 Å². The van der Waals surface area contributed by atoms with Crippen LogP contribution in [0.15, 0.2) is 24.5 Å². The molecule has 1 rings (SSSR count). The van der Waals surface area contributed by atoms with E-state index >= 15 is 0 Å². The number of nitrogens with zero attached hydrogens (tertiary/aromatic N) is 1. The van der Waals surface area contributed by atoms with Crippen molar-refractivity contribution in [2.45, 2.75) is 45.1 Å². The van der Waals surface area contributed by atoms with E-state index in [-0.39, 0.29) is 23.0 Å². The number of halogens is 1. The number of pyridine rings is 1. The Labute approximate surface area is 131 Å². The standard InChI is InChI=1S/C15H24NO3.BrH/c1-19-15(18)14-9-8-11-16(13-14)10-6-4-2-3-5-7-12-17;/h8-9,11,13,17H,2-7,10,12H2,1H3;1H/q+1;/p-1. The van der Waals surface area contributed by atoms with Crippen LogP contribution in [0.25, 0.3) is 0 Å². The number of unbranched alkanes of at least 4 members (excludes halogenated alkanes) is 5. The van der Waals surface area contributed by atoms with Gasteiger partial charge in [0, 0.05) is 19.1 Å². The molecular weight excluding hydrogens is 322 g/mol. The maximum absolute atomic E-state index is 11.4. The molecule has 1 N–H and O–H groups in total. The van der Waals surface area contributed by atoms with Crippen LogP contribution in [0.4, 0.5) is 0 Å². The van der Waals surface area contributed by atoms with Gasteiger partial charge < -0.3 is 26.8 Å². The summed E-state index contributed by atoms with van der Waals surface area (Å²) in [4.78, 5) is 11.4. The molecule has 0 aliphatic rings. The van der Waals surface area contributed by atoms with E-state index in [9.17, 15) is 4.79 Å². The molecule has 4 nitrogen and oxygen atoms in total. The first kappa shape index (κ1) is 19.1. The van der Waals surface area contributed by atoms with Crippen LogP contribution in [0.2, 0.25) is 0 Å². The highest BCUT2D eigenvalue weighted by Crippen LogP contribution is 2.05. The lowest BCUT2D eigenvalue weighted by atomic mass is 10.1. The number of carbonyl (C=O) groups excluding carboxylic acids is 1. The first-order valence-electron chi connectivity index (χ1n) is 6.96. The zero-order chi connectivity index (χ0) is 13.9. The Morgan fingerprint density at radius 1 is 1.20 bits per heavy atom. The Hall–Kier alpha value is -0.940. The predicted molar refractivity (Wildman–Crippen MR) is 72.8 cm³/mol. The minimum absolute atomic E-state index is 0. The molecule has 0 atom stereocenters. The number of ether oxygens (including phenoxy) is 1.